The number of halogens is 2. The van der Waals surface area contributed by atoms with Gasteiger partial charge in [0.15, 0.2) is 5.82 Å². The molecule has 0 bridgehead atoms. The summed E-state index contributed by atoms with van der Waals surface area (Å²) in [6, 6.07) is 3.12. The van der Waals surface area contributed by atoms with Gasteiger partial charge in [0, 0.05) is 18.0 Å². The van der Waals surface area contributed by atoms with Crippen molar-refractivity contribution in [2.24, 2.45) is 11.6 Å². The largest absolute Gasteiger partial charge is 0.401 e. The van der Waals surface area contributed by atoms with Crippen molar-refractivity contribution in [3.8, 4) is 0 Å². The Balaban J connectivity index is 3.02. The standard InChI is InChI=1S/C9H11F2N3/c1-6(12)5-14(13)9-3-2-7(10)4-8(9)11/h2-5H,12-13H2,1H3/b6-5-. The van der Waals surface area contributed by atoms with Crippen LogP contribution in [-0.2, 0) is 0 Å². The molecule has 0 spiro atoms. The highest BCUT2D eigenvalue weighted by Gasteiger charge is 2.06. The molecule has 0 saturated heterocycles. The molecule has 1 aromatic rings. The Labute approximate surface area is 80.6 Å². The first kappa shape index (κ1) is 10.5. The molecule has 0 aromatic heterocycles. The third-order valence-corrected chi connectivity index (χ3v) is 1.53. The molecule has 0 radical (unpaired) electrons. The molecule has 3 nitrogen and oxygen atoms in total. The van der Waals surface area contributed by atoms with Gasteiger partial charge in [-0.3, -0.25) is 5.01 Å². The summed E-state index contributed by atoms with van der Waals surface area (Å²) in [4.78, 5) is 0. The van der Waals surface area contributed by atoms with E-state index in [2.05, 4.69) is 0 Å². The molecule has 76 valence electrons. The van der Waals surface area contributed by atoms with Gasteiger partial charge in [-0.2, -0.15) is 0 Å². The lowest BCUT2D eigenvalue weighted by Gasteiger charge is -2.14. The number of hydrogen-bond donors (Lipinski definition) is 2. The molecule has 14 heavy (non-hydrogen) atoms. The van der Waals surface area contributed by atoms with E-state index in [4.69, 9.17) is 11.6 Å². The van der Waals surface area contributed by atoms with E-state index in [1.54, 1.807) is 6.92 Å². The normalized spacial score (nSPS) is 11.6. The molecule has 4 N–H and O–H groups in total. The SMILES string of the molecule is C/C(N)=C/N(N)c1ccc(F)cc1F. The maximum Gasteiger partial charge on any atom is 0.151 e. The van der Waals surface area contributed by atoms with Crippen molar-refractivity contribution in [2.75, 3.05) is 5.01 Å². The maximum absolute atomic E-state index is 13.1. The Hall–Kier alpha value is -1.62. The third-order valence-electron chi connectivity index (χ3n) is 1.53. The van der Waals surface area contributed by atoms with Crippen LogP contribution in [0.5, 0.6) is 0 Å². The van der Waals surface area contributed by atoms with Crippen molar-refractivity contribution in [3.63, 3.8) is 0 Å². The number of rotatable bonds is 2. The first-order chi connectivity index (χ1) is 6.50. The van der Waals surface area contributed by atoms with E-state index in [-0.39, 0.29) is 5.69 Å². The summed E-state index contributed by atoms with van der Waals surface area (Å²) < 4.78 is 25.7. The molecule has 0 heterocycles. The second-order valence-electron chi connectivity index (χ2n) is 2.88. The molecular weight excluding hydrogens is 188 g/mol. The molecule has 0 saturated carbocycles. The Kier molecular flexibility index (Phi) is 3.03. The topological polar surface area (TPSA) is 55.3 Å². The summed E-state index contributed by atoms with van der Waals surface area (Å²) in [5.41, 5.74) is 5.85. The van der Waals surface area contributed by atoms with Crippen molar-refractivity contribution >= 4 is 5.69 Å². The van der Waals surface area contributed by atoms with E-state index in [9.17, 15) is 8.78 Å². The van der Waals surface area contributed by atoms with Crippen LogP contribution in [0.3, 0.4) is 0 Å². The van der Waals surface area contributed by atoms with Crippen LogP contribution in [0.2, 0.25) is 0 Å². The van der Waals surface area contributed by atoms with Gasteiger partial charge in [0.2, 0.25) is 0 Å². The second-order valence-corrected chi connectivity index (χ2v) is 2.88. The van der Waals surface area contributed by atoms with E-state index in [1.165, 1.54) is 12.3 Å². The van der Waals surface area contributed by atoms with Crippen LogP contribution in [0, 0.1) is 11.6 Å². The van der Waals surface area contributed by atoms with Gasteiger partial charge in [0.05, 0.1) is 5.69 Å². The van der Waals surface area contributed by atoms with Gasteiger partial charge >= 0.3 is 0 Å². The molecule has 0 aliphatic rings. The van der Waals surface area contributed by atoms with Crippen molar-refractivity contribution in [3.05, 3.63) is 41.7 Å². The minimum absolute atomic E-state index is 0.0659. The van der Waals surface area contributed by atoms with Crippen LogP contribution in [0.25, 0.3) is 0 Å². The third kappa shape index (κ3) is 2.43. The Bertz CT molecular complexity index is 359. The predicted molar refractivity (Wildman–Crippen MR) is 51.0 cm³/mol. The summed E-state index contributed by atoms with van der Waals surface area (Å²) in [5.74, 6) is 4.08. The van der Waals surface area contributed by atoms with Gasteiger partial charge in [0.1, 0.15) is 5.82 Å². The second kappa shape index (κ2) is 4.06. The number of anilines is 1. The van der Waals surface area contributed by atoms with Crippen molar-refractivity contribution in [1.29, 1.82) is 0 Å². The van der Waals surface area contributed by atoms with Crippen molar-refractivity contribution < 1.29 is 8.78 Å². The highest BCUT2D eigenvalue weighted by molar-refractivity contribution is 5.49. The van der Waals surface area contributed by atoms with E-state index in [0.717, 1.165) is 17.1 Å². The fourth-order valence-corrected chi connectivity index (χ4v) is 0.980. The van der Waals surface area contributed by atoms with E-state index in [1.807, 2.05) is 0 Å². The minimum Gasteiger partial charge on any atom is -0.401 e. The zero-order chi connectivity index (χ0) is 10.7. The van der Waals surface area contributed by atoms with Gasteiger partial charge in [-0.05, 0) is 19.1 Å². The number of benzene rings is 1. The molecule has 0 amide bonds. The summed E-state index contributed by atoms with van der Waals surface area (Å²) >= 11 is 0. The van der Waals surface area contributed by atoms with Crippen LogP contribution >= 0.6 is 0 Å². The van der Waals surface area contributed by atoms with E-state index in [0.29, 0.717) is 5.70 Å². The molecule has 0 aliphatic heterocycles. The number of nitrogens with zero attached hydrogens (tertiary/aromatic N) is 1. The molecule has 0 aliphatic carbocycles. The maximum atomic E-state index is 13.1. The van der Waals surface area contributed by atoms with Crippen LogP contribution < -0.4 is 16.6 Å². The number of nitrogens with two attached hydrogens (primary N) is 2. The molecule has 5 heteroatoms. The Morgan fingerprint density at radius 2 is 2.07 bits per heavy atom. The number of hydrogen-bond acceptors (Lipinski definition) is 3. The van der Waals surface area contributed by atoms with Gasteiger partial charge in [-0.15, -0.1) is 0 Å². The lowest BCUT2D eigenvalue weighted by molar-refractivity contribution is 0.582. The van der Waals surface area contributed by atoms with Crippen LogP contribution in [0.4, 0.5) is 14.5 Å². The summed E-state index contributed by atoms with van der Waals surface area (Å²) in [5, 5.41) is 1.00. The van der Waals surface area contributed by atoms with Crippen LogP contribution in [-0.4, -0.2) is 0 Å². The summed E-state index contributed by atoms with van der Waals surface area (Å²) in [7, 11) is 0. The highest BCUT2D eigenvalue weighted by atomic mass is 19.1. The predicted octanol–water partition coefficient (Wildman–Crippen LogP) is 1.46. The van der Waals surface area contributed by atoms with Gasteiger partial charge < -0.3 is 5.73 Å². The Morgan fingerprint density at radius 3 is 2.57 bits per heavy atom. The first-order valence-electron chi connectivity index (χ1n) is 3.93. The minimum atomic E-state index is -0.731. The quantitative estimate of drug-likeness (QED) is 0.560. The summed E-state index contributed by atoms with van der Waals surface area (Å²) in [6.45, 7) is 1.61. The lowest BCUT2D eigenvalue weighted by atomic mass is 10.3. The highest BCUT2D eigenvalue weighted by Crippen LogP contribution is 2.17. The van der Waals surface area contributed by atoms with E-state index < -0.39 is 11.6 Å². The number of hydrazine groups is 1. The monoisotopic (exact) mass is 199 g/mol. The smallest absolute Gasteiger partial charge is 0.151 e. The zero-order valence-electron chi connectivity index (χ0n) is 7.67. The molecule has 0 atom stereocenters. The van der Waals surface area contributed by atoms with Crippen molar-refractivity contribution in [1.82, 2.24) is 0 Å². The van der Waals surface area contributed by atoms with Crippen LogP contribution in [0.15, 0.2) is 30.1 Å². The average Bonchev–Trinajstić information content (AvgIpc) is 2.01. The molecule has 0 fully saturated rings. The van der Waals surface area contributed by atoms with Gasteiger partial charge in [-0.1, -0.05) is 0 Å². The van der Waals surface area contributed by atoms with E-state index >= 15 is 0 Å². The Morgan fingerprint density at radius 1 is 1.43 bits per heavy atom. The average molecular weight is 199 g/mol. The van der Waals surface area contributed by atoms with Gasteiger partial charge in [-0.25, -0.2) is 14.6 Å². The van der Waals surface area contributed by atoms with Gasteiger partial charge in [0.25, 0.3) is 0 Å². The van der Waals surface area contributed by atoms with Crippen molar-refractivity contribution in [2.45, 2.75) is 6.92 Å². The first-order valence-corrected chi connectivity index (χ1v) is 3.93. The molecule has 1 rings (SSSR count). The molecule has 1 aromatic carbocycles. The fraction of sp³-hybridized carbons (Fsp3) is 0.111. The lowest BCUT2D eigenvalue weighted by Crippen LogP contribution is -2.26. The summed E-state index contributed by atoms with van der Waals surface area (Å²) in [6.07, 6.45) is 1.34. The molecular formula is C9H11F2N3. The fourth-order valence-electron chi connectivity index (χ4n) is 0.980. The number of allylic oxidation sites excluding steroid dienone is 1. The zero-order valence-corrected chi connectivity index (χ0v) is 7.67. The molecule has 0 unspecified atom stereocenters. The van der Waals surface area contributed by atoms with Crippen LogP contribution in [0.1, 0.15) is 6.92 Å².